The van der Waals surface area contributed by atoms with Crippen LogP contribution in [0.1, 0.15) is 9.75 Å². The van der Waals surface area contributed by atoms with Crippen molar-refractivity contribution in [2.75, 3.05) is 0 Å². The van der Waals surface area contributed by atoms with E-state index in [1.807, 2.05) is 17.5 Å². The van der Waals surface area contributed by atoms with Gasteiger partial charge in [-0.25, -0.2) is 0 Å². The molecule has 0 bridgehead atoms. The Kier molecular flexibility index (Phi) is 2.92. The topological polar surface area (TPSA) is 49.8 Å². The summed E-state index contributed by atoms with van der Waals surface area (Å²) in [5, 5.41) is 13.3. The summed E-state index contributed by atoms with van der Waals surface area (Å²) in [5.74, 6) is 0. The van der Waals surface area contributed by atoms with E-state index in [1.165, 1.54) is 20.7 Å². The maximum absolute atomic E-state index is 9.28. The molecular formula is C13H8N2S3. The second kappa shape index (κ2) is 4.58. The normalized spacial score (nSPS) is 12.4. The third-order valence-corrected chi connectivity index (χ3v) is 5.57. The van der Waals surface area contributed by atoms with E-state index >= 15 is 0 Å². The molecule has 5 heteroatoms. The van der Waals surface area contributed by atoms with E-state index in [0.29, 0.717) is 11.3 Å². The quantitative estimate of drug-likeness (QED) is 0.712. The Morgan fingerprint density at radius 2 is 2.00 bits per heavy atom. The molecule has 3 rings (SSSR count). The van der Waals surface area contributed by atoms with Crippen LogP contribution in [0.5, 0.6) is 0 Å². The van der Waals surface area contributed by atoms with Gasteiger partial charge in [0.25, 0.3) is 0 Å². The maximum Gasteiger partial charge on any atom is 0.103 e. The minimum atomic E-state index is 0.568. The lowest BCUT2D eigenvalue weighted by atomic mass is 10.1. The van der Waals surface area contributed by atoms with Crippen molar-refractivity contribution in [3.8, 4) is 6.07 Å². The second-order valence-electron chi connectivity index (χ2n) is 3.64. The average Bonchev–Trinajstić information content (AvgIpc) is 3.05. The van der Waals surface area contributed by atoms with Gasteiger partial charge in [-0.05, 0) is 29.0 Å². The highest BCUT2D eigenvalue weighted by Gasteiger charge is 2.12. The number of hydrogen-bond acceptors (Lipinski definition) is 5. The van der Waals surface area contributed by atoms with E-state index in [0.717, 1.165) is 9.75 Å². The molecule has 0 amide bonds. The Morgan fingerprint density at radius 1 is 1.11 bits per heavy atom. The first-order chi connectivity index (χ1) is 8.79. The van der Waals surface area contributed by atoms with Gasteiger partial charge in [-0.1, -0.05) is 6.07 Å². The molecule has 3 aromatic rings. The molecule has 0 spiro atoms. The van der Waals surface area contributed by atoms with Gasteiger partial charge in [-0.2, -0.15) is 5.26 Å². The van der Waals surface area contributed by atoms with Crippen LogP contribution >= 0.6 is 34.0 Å². The number of nitrogens with zero attached hydrogens (tertiary/aromatic N) is 1. The van der Waals surface area contributed by atoms with Gasteiger partial charge in [0.05, 0.1) is 16.1 Å². The smallest absolute Gasteiger partial charge is 0.103 e. The molecule has 0 aliphatic heterocycles. The third kappa shape index (κ3) is 1.85. The molecule has 88 valence electrons. The van der Waals surface area contributed by atoms with E-state index < -0.39 is 0 Å². The fourth-order valence-corrected chi connectivity index (χ4v) is 4.50. The molecule has 2 N–H and O–H groups in total. The van der Waals surface area contributed by atoms with Crippen molar-refractivity contribution >= 4 is 54.7 Å². The molecule has 0 aromatic carbocycles. The molecule has 0 aliphatic rings. The maximum atomic E-state index is 9.28. The largest absolute Gasteiger partial charge is 0.396 e. The zero-order valence-corrected chi connectivity index (χ0v) is 11.7. The minimum absolute atomic E-state index is 0.568. The van der Waals surface area contributed by atoms with Crippen LogP contribution in [0.25, 0.3) is 20.7 Å². The van der Waals surface area contributed by atoms with E-state index in [2.05, 4.69) is 23.6 Å². The van der Waals surface area contributed by atoms with Gasteiger partial charge in [-0.15, -0.1) is 34.0 Å². The Labute approximate surface area is 116 Å². The summed E-state index contributed by atoms with van der Waals surface area (Å²) in [6.07, 6.45) is 0. The van der Waals surface area contributed by atoms with Crippen molar-refractivity contribution in [1.82, 2.24) is 0 Å². The minimum Gasteiger partial charge on any atom is -0.396 e. The zero-order valence-electron chi connectivity index (χ0n) is 9.21. The highest BCUT2D eigenvalue weighted by molar-refractivity contribution is 7.27. The third-order valence-electron chi connectivity index (χ3n) is 2.55. The molecule has 0 saturated carbocycles. The highest BCUT2D eigenvalue weighted by Crippen LogP contribution is 2.35. The van der Waals surface area contributed by atoms with Gasteiger partial charge in [0.2, 0.25) is 0 Å². The van der Waals surface area contributed by atoms with Crippen LogP contribution in [0.15, 0.2) is 35.0 Å². The molecule has 0 aliphatic carbocycles. The van der Waals surface area contributed by atoms with Gasteiger partial charge >= 0.3 is 0 Å². The summed E-state index contributed by atoms with van der Waals surface area (Å²) >= 11 is 4.86. The van der Waals surface area contributed by atoms with Gasteiger partial charge < -0.3 is 5.73 Å². The summed E-state index contributed by atoms with van der Waals surface area (Å²) in [5.41, 5.74) is 7.29. The van der Waals surface area contributed by atoms with Crippen LogP contribution in [-0.4, -0.2) is 0 Å². The lowest BCUT2D eigenvalue weighted by Crippen LogP contribution is -1.97. The average molecular weight is 288 g/mol. The molecule has 0 fully saturated rings. The van der Waals surface area contributed by atoms with Crippen LogP contribution in [0.3, 0.4) is 0 Å². The first-order valence-electron chi connectivity index (χ1n) is 5.20. The molecule has 3 aromatic heterocycles. The fraction of sp³-hybridized carbons (Fsp3) is 0. The van der Waals surface area contributed by atoms with Gasteiger partial charge in [0.1, 0.15) is 6.07 Å². The van der Waals surface area contributed by atoms with E-state index in [1.54, 1.807) is 22.7 Å². The van der Waals surface area contributed by atoms with Crippen LogP contribution in [0.2, 0.25) is 0 Å². The van der Waals surface area contributed by atoms with E-state index in [-0.39, 0.29) is 0 Å². The van der Waals surface area contributed by atoms with Gasteiger partial charge in [0.15, 0.2) is 0 Å². The number of rotatable bonds is 2. The summed E-state index contributed by atoms with van der Waals surface area (Å²) < 4.78 is 2.45. The number of allylic oxidation sites excluding steroid dienone is 1. The molecule has 2 nitrogen and oxygen atoms in total. The lowest BCUT2D eigenvalue weighted by Gasteiger charge is -2.00. The van der Waals surface area contributed by atoms with Crippen LogP contribution in [0.4, 0.5) is 0 Å². The predicted molar refractivity (Wildman–Crippen MR) is 80.6 cm³/mol. The first kappa shape index (κ1) is 11.5. The first-order valence-corrected chi connectivity index (χ1v) is 7.78. The molecule has 18 heavy (non-hydrogen) atoms. The standard InChI is InChI=1S/C13H8N2S3/c14-7-8(9-2-1-4-16-9)13(15)12-6-11-10(18-12)3-5-17-11/h1-6H,15H2/b13-8-. The number of nitriles is 1. The summed E-state index contributed by atoms with van der Waals surface area (Å²) in [7, 11) is 0. The number of thiophene rings is 3. The van der Waals surface area contributed by atoms with Crippen LogP contribution in [-0.2, 0) is 0 Å². The van der Waals surface area contributed by atoms with Gasteiger partial charge in [0, 0.05) is 14.3 Å². The van der Waals surface area contributed by atoms with Crippen molar-refractivity contribution in [1.29, 1.82) is 5.26 Å². The lowest BCUT2D eigenvalue weighted by molar-refractivity contribution is 1.52. The second-order valence-corrected chi connectivity index (χ2v) is 6.62. The summed E-state index contributed by atoms with van der Waals surface area (Å²) in [4.78, 5) is 1.90. The Hall–Kier alpha value is -1.61. The zero-order chi connectivity index (χ0) is 12.5. The summed E-state index contributed by atoms with van der Waals surface area (Å²) in [6, 6.07) is 10.2. The molecule has 0 saturated heterocycles. The number of hydrogen-bond donors (Lipinski definition) is 1. The van der Waals surface area contributed by atoms with Gasteiger partial charge in [-0.3, -0.25) is 0 Å². The van der Waals surface area contributed by atoms with Crippen LogP contribution < -0.4 is 5.73 Å². The van der Waals surface area contributed by atoms with E-state index in [4.69, 9.17) is 5.73 Å². The van der Waals surface area contributed by atoms with Crippen molar-refractivity contribution in [3.63, 3.8) is 0 Å². The van der Waals surface area contributed by atoms with Crippen molar-refractivity contribution < 1.29 is 0 Å². The fourth-order valence-electron chi connectivity index (χ4n) is 1.69. The Balaban J connectivity index is 2.15. The van der Waals surface area contributed by atoms with Crippen molar-refractivity contribution in [3.05, 3.63) is 44.8 Å². The molecule has 3 heterocycles. The molecule has 0 unspecified atom stereocenters. The number of nitrogens with two attached hydrogens (primary N) is 1. The Morgan fingerprint density at radius 3 is 2.67 bits per heavy atom. The predicted octanol–water partition coefficient (Wildman–Crippen LogP) is 4.37. The number of fused-ring (bicyclic) bond motifs is 1. The van der Waals surface area contributed by atoms with E-state index in [9.17, 15) is 5.26 Å². The summed E-state index contributed by atoms with van der Waals surface area (Å²) in [6.45, 7) is 0. The monoisotopic (exact) mass is 288 g/mol. The Bertz CT molecular complexity index is 725. The van der Waals surface area contributed by atoms with Crippen LogP contribution in [0, 0.1) is 11.3 Å². The molecule has 0 atom stereocenters. The highest BCUT2D eigenvalue weighted by atomic mass is 32.1. The molecular weight excluding hydrogens is 280 g/mol. The van der Waals surface area contributed by atoms with Crippen molar-refractivity contribution in [2.45, 2.75) is 0 Å². The van der Waals surface area contributed by atoms with Crippen molar-refractivity contribution in [2.24, 2.45) is 5.73 Å². The SMILES string of the molecule is N#C/C(=C(/N)c1cc2sccc2s1)c1cccs1. The molecule has 0 radical (unpaired) electrons.